The summed E-state index contributed by atoms with van der Waals surface area (Å²) in [6.07, 6.45) is 3.06. The van der Waals surface area contributed by atoms with E-state index in [2.05, 4.69) is 20.9 Å². The van der Waals surface area contributed by atoms with E-state index in [1.807, 2.05) is 0 Å². The van der Waals surface area contributed by atoms with Crippen LogP contribution < -0.4 is 5.69 Å². The summed E-state index contributed by atoms with van der Waals surface area (Å²) in [7, 11) is 0. The number of rotatable bonds is 2. The van der Waals surface area contributed by atoms with Crippen LogP contribution in [-0.2, 0) is 6.54 Å². The molecule has 1 heterocycles. The lowest BCUT2D eigenvalue weighted by Gasteiger charge is -2.05. The Labute approximate surface area is 99.7 Å². The molecule has 0 unspecified atom stereocenters. The fourth-order valence-electron chi connectivity index (χ4n) is 1.37. The van der Waals surface area contributed by atoms with Crippen molar-refractivity contribution in [1.82, 2.24) is 9.55 Å². The molecule has 0 bridgehead atoms. The number of benzene rings is 1. The molecule has 0 aliphatic heterocycles. The quantitative estimate of drug-likeness (QED) is 0.846. The minimum absolute atomic E-state index is 0.309. The fourth-order valence-corrected chi connectivity index (χ4v) is 1.72. The maximum absolute atomic E-state index is 12.9. The number of aromatic nitrogens is 2. The number of halogens is 2. The van der Waals surface area contributed by atoms with E-state index in [4.69, 9.17) is 0 Å². The number of hydrogen-bond acceptors (Lipinski definition) is 2. The summed E-state index contributed by atoms with van der Waals surface area (Å²) < 4.78 is 15.1. The molecule has 0 fully saturated rings. The zero-order chi connectivity index (χ0) is 11.5. The second kappa shape index (κ2) is 4.57. The van der Waals surface area contributed by atoms with Gasteiger partial charge in [0.25, 0.3) is 0 Å². The van der Waals surface area contributed by atoms with E-state index in [-0.39, 0.29) is 11.5 Å². The average Bonchev–Trinajstić information content (AvgIpc) is 2.24. The summed E-state index contributed by atoms with van der Waals surface area (Å²) in [6, 6.07) is 6.14. The van der Waals surface area contributed by atoms with E-state index in [9.17, 15) is 9.18 Å². The van der Waals surface area contributed by atoms with Gasteiger partial charge in [-0.05, 0) is 33.6 Å². The van der Waals surface area contributed by atoms with E-state index >= 15 is 0 Å². The Kier molecular flexibility index (Phi) is 3.14. The fraction of sp³-hybridized carbons (Fsp3) is 0.0909. The Morgan fingerprint density at radius 3 is 3.00 bits per heavy atom. The van der Waals surface area contributed by atoms with Crippen molar-refractivity contribution in [2.45, 2.75) is 6.54 Å². The molecule has 0 aliphatic carbocycles. The Morgan fingerprint density at radius 2 is 2.25 bits per heavy atom. The minimum atomic E-state index is -0.354. The van der Waals surface area contributed by atoms with Crippen LogP contribution in [-0.4, -0.2) is 9.55 Å². The summed E-state index contributed by atoms with van der Waals surface area (Å²) in [5.41, 5.74) is 0.370. The minimum Gasteiger partial charge on any atom is -0.294 e. The standard InChI is InChI=1S/C11H8BrFN2O/c12-9-5-14-11(16)15(7-9)6-8-2-1-3-10(13)4-8/h1-5,7H,6H2. The third-order valence-corrected chi connectivity index (χ3v) is 2.47. The predicted octanol–water partition coefficient (Wildman–Crippen LogP) is 2.19. The van der Waals surface area contributed by atoms with E-state index in [0.717, 1.165) is 5.56 Å². The van der Waals surface area contributed by atoms with Crippen molar-refractivity contribution in [3.8, 4) is 0 Å². The van der Waals surface area contributed by atoms with Crippen LogP contribution in [0.5, 0.6) is 0 Å². The molecule has 0 N–H and O–H groups in total. The van der Waals surface area contributed by atoms with E-state index in [0.29, 0.717) is 11.0 Å². The SMILES string of the molecule is O=c1ncc(Br)cn1Cc1cccc(F)c1. The summed E-state index contributed by atoms with van der Waals surface area (Å²) in [5, 5.41) is 0. The van der Waals surface area contributed by atoms with Crippen molar-refractivity contribution in [3.05, 3.63) is 63.0 Å². The first-order chi connectivity index (χ1) is 7.65. The Morgan fingerprint density at radius 1 is 1.44 bits per heavy atom. The topological polar surface area (TPSA) is 34.9 Å². The van der Waals surface area contributed by atoms with E-state index in [1.54, 1.807) is 18.3 Å². The molecule has 2 rings (SSSR count). The van der Waals surface area contributed by atoms with Crippen LogP contribution in [0.25, 0.3) is 0 Å². The summed E-state index contributed by atoms with van der Waals surface area (Å²) in [4.78, 5) is 15.1. The average molecular weight is 283 g/mol. The lowest BCUT2D eigenvalue weighted by molar-refractivity contribution is 0.622. The maximum Gasteiger partial charge on any atom is 0.347 e. The molecule has 3 nitrogen and oxygen atoms in total. The molecule has 0 aliphatic rings. The molecule has 0 radical (unpaired) electrons. The van der Waals surface area contributed by atoms with Gasteiger partial charge in [-0.1, -0.05) is 12.1 Å². The van der Waals surface area contributed by atoms with Crippen LogP contribution in [0.3, 0.4) is 0 Å². The van der Waals surface area contributed by atoms with Gasteiger partial charge in [0.1, 0.15) is 5.82 Å². The molecule has 0 saturated heterocycles. The van der Waals surface area contributed by atoms with Crippen molar-refractivity contribution in [1.29, 1.82) is 0 Å². The molecule has 0 saturated carbocycles. The zero-order valence-corrected chi connectivity index (χ0v) is 9.82. The summed E-state index contributed by atoms with van der Waals surface area (Å²) >= 11 is 3.23. The Hall–Kier alpha value is -1.49. The van der Waals surface area contributed by atoms with Crippen molar-refractivity contribution < 1.29 is 4.39 Å². The van der Waals surface area contributed by atoms with Gasteiger partial charge in [-0.2, -0.15) is 0 Å². The molecule has 1 aromatic carbocycles. The van der Waals surface area contributed by atoms with Gasteiger partial charge in [-0.15, -0.1) is 0 Å². The predicted molar refractivity (Wildman–Crippen MR) is 61.7 cm³/mol. The van der Waals surface area contributed by atoms with Crippen LogP contribution in [0, 0.1) is 5.82 Å². The molecule has 2 aromatic rings. The van der Waals surface area contributed by atoms with Gasteiger partial charge in [0.05, 0.1) is 11.0 Å². The van der Waals surface area contributed by atoms with Crippen LogP contribution in [0.1, 0.15) is 5.56 Å². The molecule has 5 heteroatoms. The molecule has 16 heavy (non-hydrogen) atoms. The number of hydrogen-bond donors (Lipinski definition) is 0. The first-order valence-corrected chi connectivity index (χ1v) is 5.41. The van der Waals surface area contributed by atoms with Gasteiger partial charge in [0.15, 0.2) is 0 Å². The van der Waals surface area contributed by atoms with Crippen LogP contribution in [0.15, 0.2) is 45.9 Å². The molecule has 0 spiro atoms. The highest BCUT2D eigenvalue weighted by atomic mass is 79.9. The highest BCUT2D eigenvalue weighted by molar-refractivity contribution is 9.10. The normalized spacial score (nSPS) is 10.4. The van der Waals surface area contributed by atoms with Crippen LogP contribution in [0.2, 0.25) is 0 Å². The van der Waals surface area contributed by atoms with Crippen molar-refractivity contribution >= 4 is 15.9 Å². The van der Waals surface area contributed by atoms with Gasteiger partial charge in [-0.3, -0.25) is 4.57 Å². The second-order valence-corrected chi connectivity index (χ2v) is 4.23. The molecule has 82 valence electrons. The third-order valence-electron chi connectivity index (χ3n) is 2.07. The molecule has 0 atom stereocenters. The van der Waals surface area contributed by atoms with Crippen molar-refractivity contribution in [2.75, 3.05) is 0 Å². The Balaban J connectivity index is 2.34. The van der Waals surface area contributed by atoms with Crippen LogP contribution in [0.4, 0.5) is 4.39 Å². The van der Waals surface area contributed by atoms with Crippen molar-refractivity contribution in [3.63, 3.8) is 0 Å². The van der Waals surface area contributed by atoms with Crippen molar-refractivity contribution in [2.24, 2.45) is 0 Å². The van der Waals surface area contributed by atoms with Gasteiger partial charge >= 0.3 is 5.69 Å². The third kappa shape index (κ3) is 2.55. The molecular weight excluding hydrogens is 275 g/mol. The van der Waals surface area contributed by atoms with Gasteiger partial charge < -0.3 is 0 Å². The van der Waals surface area contributed by atoms with E-state index in [1.165, 1.54) is 22.9 Å². The zero-order valence-electron chi connectivity index (χ0n) is 8.23. The van der Waals surface area contributed by atoms with Gasteiger partial charge in [0, 0.05) is 12.4 Å². The maximum atomic E-state index is 12.9. The van der Waals surface area contributed by atoms with Crippen LogP contribution >= 0.6 is 15.9 Å². The molecular formula is C11H8BrFN2O. The second-order valence-electron chi connectivity index (χ2n) is 3.31. The first-order valence-electron chi connectivity index (χ1n) is 4.61. The highest BCUT2D eigenvalue weighted by Gasteiger charge is 2.00. The molecule has 0 amide bonds. The summed E-state index contributed by atoms with van der Waals surface area (Å²) in [6.45, 7) is 0.309. The van der Waals surface area contributed by atoms with Gasteiger partial charge in [-0.25, -0.2) is 14.2 Å². The first kappa shape index (κ1) is 11.0. The Bertz CT molecular complexity index is 568. The lowest BCUT2D eigenvalue weighted by Crippen LogP contribution is -2.22. The lowest BCUT2D eigenvalue weighted by atomic mass is 10.2. The summed E-state index contributed by atoms with van der Waals surface area (Å²) in [5.74, 6) is -0.312. The molecule has 1 aromatic heterocycles. The monoisotopic (exact) mass is 282 g/mol. The smallest absolute Gasteiger partial charge is 0.294 e. The van der Waals surface area contributed by atoms with E-state index < -0.39 is 0 Å². The largest absolute Gasteiger partial charge is 0.347 e. The number of nitrogens with zero attached hydrogens (tertiary/aromatic N) is 2. The van der Waals surface area contributed by atoms with Gasteiger partial charge in [0.2, 0.25) is 0 Å². The highest BCUT2D eigenvalue weighted by Crippen LogP contribution is 2.07.